The zero-order valence-corrected chi connectivity index (χ0v) is 15.1. The summed E-state index contributed by atoms with van der Waals surface area (Å²) in [6, 6.07) is 0. The fourth-order valence-electron chi connectivity index (χ4n) is 6.58. The summed E-state index contributed by atoms with van der Waals surface area (Å²) in [6.45, 7) is 6.06. The van der Waals surface area contributed by atoms with Gasteiger partial charge in [-0.2, -0.15) is 0 Å². The van der Waals surface area contributed by atoms with Crippen molar-refractivity contribution in [2.75, 3.05) is 0 Å². The first kappa shape index (κ1) is 16.5. The van der Waals surface area contributed by atoms with Gasteiger partial charge in [0.25, 0.3) is 0 Å². The minimum atomic E-state index is -1.16. The van der Waals surface area contributed by atoms with Gasteiger partial charge in [-0.25, -0.2) is 0 Å². The maximum Gasteiger partial charge on any atom is 0.161 e. The SMILES string of the molecule is CC(=O)[C@@]1(O)CC[C@H]2C3=CC=C4CC(O)CC[C@]4(C)[C@H]3CC[C@@]21C. The molecule has 0 aromatic carbocycles. The summed E-state index contributed by atoms with van der Waals surface area (Å²) in [5.41, 5.74) is 1.54. The number of carbonyl (C=O) groups excluding carboxylic acids is 1. The zero-order valence-electron chi connectivity index (χ0n) is 15.1. The predicted molar refractivity (Wildman–Crippen MR) is 93.3 cm³/mol. The first-order valence-electron chi connectivity index (χ1n) is 9.55. The van der Waals surface area contributed by atoms with Crippen molar-refractivity contribution < 1.29 is 15.0 Å². The Morgan fingerprint density at radius 1 is 1.08 bits per heavy atom. The predicted octanol–water partition coefficient (Wildman–Crippen LogP) is 3.55. The van der Waals surface area contributed by atoms with E-state index in [1.165, 1.54) is 11.1 Å². The van der Waals surface area contributed by atoms with Crippen molar-refractivity contribution in [1.82, 2.24) is 0 Å². The van der Waals surface area contributed by atoms with Crippen LogP contribution in [0.2, 0.25) is 0 Å². The quantitative estimate of drug-likeness (QED) is 0.773. The summed E-state index contributed by atoms with van der Waals surface area (Å²) in [6.07, 6.45) is 10.5. The van der Waals surface area contributed by atoms with E-state index in [2.05, 4.69) is 26.0 Å². The second-order valence-electron chi connectivity index (χ2n) is 9.19. The average Bonchev–Trinajstić information content (AvgIpc) is 2.81. The van der Waals surface area contributed by atoms with Gasteiger partial charge in [0.05, 0.1) is 6.10 Å². The molecule has 3 saturated carbocycles. The highest BCUT2D eigenvalue weighted by atomic mass is 16.3. The Kier molecular flexibility index (Phi) is 3.48. The fourth-order valence-corrected chi connectivity index (χ4v) is 6.58. The van der Waals surface area contributed by atoms with E-state index in [-0.39, 0.29) is 22.7 Å². The number of hydrogen-bond donors (Lipinski definition) is 2. The second-order valence-corrected chi connectivity index (χ2v) is 9.19. The molecule has 6 atom stereocenters. The van der Waals surface area contributed by atoms with E-state index in [0.717, 1.165) is 38.5 Å². The first-order chi connectivity index (χ1) is 11.2. The van der Waals surface area contributed by atoms with Gasteiger partial charge in [-0.15, -0.1) is 0 Å². The molecule has 3 heteroatoms. The first-order valence-corrected chi connectivity index (χ1v) is 9.55. The van der Waals surface area contributed by atoms with Gasteiger partial charge in [-0.05, 0) is 69.1 Å². The molecule has 0 radical (unpaired) electrons. The molecular weight excluding hydrogens is 300 g/mol. The van der Waals surface area contributed by atoms with Crippen LogP contribution in [0.5, 0.6) is 0 Å². The van der Waals surface area contributed by atoms with Crippen LogP contribution in [0.4, 0.5) is 0 Å². The molecular formula is C21H30O3. The summed E-state index contributed by atoms with van der Waals surface area (Å²) in [5.74, 6) is 0.759. The van der Waals surface area contributed by atoms with Gasteiger partial charge in [-0.1, -0.05) is 37.1 Å². The molecule has 4 rings (SSSR count). The van der Waals surface area contributed by atoms with Crippen LogP contribution in [0.25, 0.3) is 0 Å². The van der Waals surface area contributed by atoms with Gasteiger partial charge in [0.1, 0.15) is 5.60 Å². The molecule has 0 aromatic heterocycles. The van der Waals surface area contributed by atoms with Crippen molar-refractivity contribution in [3.05, 3.63) is 23.3 Å². The lowest BCUT2D eigenvalue weighted by Crippen LogP contribution is -2.54. The number of rotatable bonds is 1. The van der Waals surface area contributed by atoms with Crippen LogP contribution >= 0.6 is 0 Å². The van der Waals surface area contributed by atoms with Crippen LogP contribution in [0.15, 0.2) is 23.3 Å². The summed E-state index contributed by atoms with van der Waals surface area (Å²) >= 11 is 0. The summed E-state index contributed by atoms with van der Waals surface area (Å²) in [5, 5.41) is 21.2. The summed E-state index contributed by atoms with van der Waals surface area (Å²) in [7, 11) is 0. The largest absolute Gasteiger partial charge is 0.393 e. The molecule has 0 saturated heterocycles. The maximum atomic E-state index is 12.2. The number of fused-ring (bicyclic) bond motifs is 5. The van der Waals surface area contributed by atoms with Crippen molar-refractivity contribution in [3.8, 4) is 0 Å². The Hall–Kier alpha value is -0.930. The highest BCUT2D eigenvalue weighted by Gasteiger charge is 2.63. The van der Waals surface area contributed by atoms with E-state index < -0.39 is 5.60 Å². The smallest absolute Gasteiger partial charge is 0.161 e. The fraction of sp³-hybridized carbons (Fsp3) is 0.762. The molecule has 132 valence electrons. The number of allylic oxidation sites excluding steroid dienone is 3. The maximum absolute atomic E-state index is 12.2. The van der Waals surface area contributed by atoms with E-state index in [1.807, 2.05) is 0 Å². The van der Waals surface area contributed by atoms with Crippen LogP contribution in [-0.4, -0.2) is 27.7 Å². The van der Waals surface area contributed by atoms with Gasteiger partial charge in [0, 0.05) is 5.41 Å². The lowest BCUT2D eigenvalue weighted by atomic mass is 9.50. The monoisotopic (exact) mass is 330 g/mol. The second kappa shape index (κ2) is 5.04. The summed E-state index contributed by atoms with van der Waals surface area (Å²) < 4.78 is 0. The highest BCUT2D eigenvalue weighted by molar-refractivity contribution is 5.86. The number of aliphatic hydroxyl groups excluding tert-OH is 1. The van der Waals surface area contributed by atoms with E-state index >= 15 is 0 Å². The van der Waals surface area contributed by atoms with Gasteiger partial charge >= 0.3 is 0 Å². The molecule has 4 aliphatic carbocycles. The molecule has 1 unspecified atom stereocenters. The standard InChI is InChI=1S/C21H30O3/c1-13(22)21(24)11-8-18-16-5-4-14-12-15(23)6-9-19(14,2)17(16)7-10-20(18,21)3/h4-5,15,17-18,23-24H,6-12H2,1-3H3/t15?,17-,18-,19-,20-,21-/m0/s1. The molecule has 3 fully saturated rings. The van der Waals surface area contributed by atoms with Gasteiger partial charge in [0.15, 0.2) is 5.78 Å². The molecule has 0 spiro atoms. The lowest BCUT2D eigenvalue weighted by Gasteiger charge is -2.55. The minimum absolute atomic E-state index is 0.0643. The minimum Gasteiger partial charge on any atom is -0.393 e. The van der Waals surface area contributed by atoms with E-state index in [1.54, 1.807) is 6.92 Å². The van der Waals surface area contributed by atoms with Crippen LogP contribution in [0.3, 0.4) is 0 Å². The van der Waals surface area contributed by atoms with Crippen LogP contribution in [-0.2, 0) is 4.79 Å². The molecule has 4 aliphatic rings. The zero-order chi connectivity index (χ0) is 17.3. The number of hydrogen-bond acceptors (Lipinski definition) is 3. The van der Waals surface area contributed by atoms with E-state index in [4.69, 9.17) is 0 Å². The Labute approximate surface area is 144 Å². The lowest BCUT2D eigenvalue weighted by molar-refractivity contribution is -0.150. The molecule has 0 bridgehead atoms. The van der Waals surface area contributed by atoms with Gasteiger partial charge in [-0.3, -0.25) is 4.79 Å². The molecule has 0 heterocycles. The number of aliphatic hydroxyl groups is 2. The number of ketones is 1. The van der Waals surface area contributed by atoms with Crippen LogP contribution in [0, 0.1) is 22.7 Å². The van der Waals surface area contributed by atoms with Crippen molar-refractivity contribution >= 4 is 5.78 Å². The number of carbonyl (C=O) groups is 1. The molecule has 24 heavy (non-hydrogen) atoms. The average molecular weight is 330 g/mol. The van der Waals surface area contributed by atoms with Crippen molar-refractivity contribution in [1.29, 1.82) is 0 Å². The third-order valence-corrected chi connectivity index (χ3v) is 8.28. The number of Topliss-reactive ketones (excluding diaryl/α,β-unsaturated/α-hetero) is 1. The van der Waals surface area contributed by atoms with Gasteiger partial charge in [0.2, 0.25) is 0 Å². The summed E-state index contributed by atoms with van der Waals surface area (Å²) in [4.78, 5) is 12.2. The normalized spacial score (nSPS) is 50.3. The van der Waals surface area contributed by atoms with Crippen LogP contribution in [0.1, 0.15) is 65.7 Å². The topological polar surface area (TPSA) is 57.5 Å². The van der Waals surface area contributed by atoms with Crippen molar-refractivity contribution in [2.24, 2.45) is 22.7 Å². The third-order valence-electron chi connectivity index (χ3n) is 8.28. The highest BCUT2D eigenvalue weighted by Crippen LogP contribution is 2.65. The Balaban J connectivity index is 1.75. The van der Waals surface area contributed by atoms with Crippen molar-refractivity contribution in [3.63, 3.8) is 0 Å². The van der Waals surface area contributed by atoms with Crippen molar-refractivity contribution in [2.45, 2.75) is 77.4 Å². The molecule has 2 N–H and O–H groups in total. The van der Waals surface area contributed by atoms with Gasteiger partial charge < -0.3 is 10.2 Å². The molecule has 0 aliphatic heterocycles. The molecule has 0 amide bonds. The Morgan fingerprint density at radius 2 is 1.79 bits per heavy atom. The van der Waals surface area contributed by atoms with E-state index in [9.17, 15) is 15.0 Å². The van der Waals surface area contributed by atoms with E-state index in [0.29, 0.717) is 18.3 Å². The Morgan fingerprint density at radius 3 is 2.50 bits per heavy atom. The Bertz CT molecular complexity index is 647. The third kappa shape index (κ3) is 1.89. The molecule has 0 aromatic rings. The van der Waals surface area contributed by atoms with Crippen LogP contribution < -0.4 is 0 Å². The molecule has 3 nitrogen and oxygen atoms in total.